The first-order valence-corrected chi connectivity index (χ1v) is 6.91. The van der Waals surface area contributed by atoms with Gasteiger partial charge in [0, 0.05) is 32.3 Å². The molecule has 0 radical (unpaired) electrons. The van der Waals surface area contributed by atoms with E-state index in [1.165, 1.54) is 0 Å². The van der Waals surface area contributed by atoms with Crippen LogP contribution in [0.1, 0.15) is 32.3 Å². The number of likely N-dealkylation sites (N-methyl/N-ethyl adjacent to an activating group) is 1. The van der Waals surface area contributed by atoms with Gasteiger partial charge in [0.2, 0.25) is 0 Å². The van der Waals surface area contributed by atoms with Crippen molar-refractivity contribution in [2.24, 2.45) is 7.05 Å². The van der Waals surface area contributed by atoms with Crippen LogP contribution in [0.5, 0.6) is 0 Å². The van der Waals surface area contributed by atoms with Crippen LogP contribution in [-0.2, 0) is 11.8 Å². The van der Waals surface area contributed by atoms with E-state index in [1.807, 2.05) is 40.2 Å². The first kappa shape index (κ1) is 14.8. The Labute approximate surface area is 120 Å². The number of carbonyl (C=O) groups excluding carboxylic acids is 1. The molecule has 1 aliphatic rings. The van der Waals surface area contributed by atoms with Gasteiger partial charge in [0.05, 0.1) is 12.2 Å². The topological polar surface area (TPSA) is 59.4 Å². The molecule has 0 bridgehead atoms. The number of rotatable bonds is 2. The summed E-state index contributed by atoms with van der Waals surface area (Å²) in [5.74, 6) is 0.251. The minimum absolute atomic E-state index is 0.0547. The molecule has 0 aromatic carbocycles. The highest BCUT2D eigenvalue weighted by Gasteiger charge is 2.34. The van der Waals surface area contributed by atoms with Crippen LogP contribution in [0.3, 0.4) is 0 Å². The number of nitrogens with one attached hydrogen (secondary N) is 1. The SMILES string of the molecule is CN1C[C@@H](NC(=O)OC(C)(C)C)[C@H](c2cnn(C)c2)C1. The van der Waals surface area contributed by atoms with Crippen LogP contribution in [0, 0.1) is 0 Å². The third-order valence-electron chi connectivity index (χ3n) is 3.36. The Balaban J connectivity index is 2.03. The van der Waals surface area contributed by atoms with Gasteiger partial charge >= 0.3 is 6.09 Å². The van der Waals surface area contributed by atoms with Gasteiger partial charge in [0.15, 0.2) is 0 Å². The first-order valence-electron chi connectivity index (χ1n) is 6.91. The van der Waals surface area contributed by atoms with Gasteiger partial charge in [-0.25, -0.2) is 4.79 Å². The van der Waals surface area contributed by atoms with E-state index in [-0.39, 0.29) is 18.1 Å². The van der Waals surface area contributed by atoms with Crippen LogP contribution in [0.25, 0.3) is 0 Å². The van der Waals surface area contributed by atoms with Crippen molar-refractivity contribution >= 4 is 6.09 Å². The van der Waals surface area contributed by atoms with Crippen molar-refractivity contribution in [2.45, 2.75) is 38.3 Å². The number of alkyl carbamates (subject to hydrolysis) is 1. The molecule has 1 aromatic rings. The van der Waals surface area contributed by atoms with Crippen LogP contribution < -0.4 is 5.32 Å². The maximum absolute atomic E-state index is 11.9. The summed E-state index contributed by atoms with van der Waals surface area (Å²) < 4.78 is 7.12. The molecule has 2 rings (SSSR count). The van der Waals surface area contributed by atoms with E-state index in [1.54, 1.807) is 4.68 Å². The summed E-state index contributed by atoms with van der Waals surface area (Å²) in [6.45, 7) is 7.33. The zero-order valence-corrected chi connectivity index (χ0v) is 12.9. The van der Waals surface area contributed by atoms with Gasteiger partial charge in [0.25, 0.3) is 0 Å². The maximum Gasteiger partial charge on any atom is 0.407 e. The molecule has 2 atom stereocenters. The molecule has 6 nitrogen and oxygen atoms in total. The van der Waals surface area contributed by atoms with Crippen molar-refractivity contribution < 1.29 is 9.53 Å². The van der Waals surface area contributed by atoms with E-state index in [4.69, 9.17) is 4.74 Å². The molecular formula is C14H24N4O2. The maximum atomic E-state index is 11.9. The van der Waals surface area contributed by atoms with Gasteiger partial charge in [-0.1, -0.05) is 0 Å². The molecule has 1 N–H and O–H groups in total. The summed E-state index contributed by atoms with van der Waals surface area (Å²) >= 11 is 0. The minimum Gasteiger partial charge on any atom is -0.444 e. The van der Waals surface area contributed by atoms with Crippen LogP contribution in [0.15, 0.2) is 12.4 Å². The van der Waals surface area contributed by atoms with E-state index in [2.05, 4.69) is 22.4 Å². The van der Waals surface area contributed by atoms with Crippen molar-refractivity contribution in [1.82, 2.24) is 20.0 Å². The van der Waals surface area contributed by atoms with Gasteiger partial charge < -0.3 is 15.0 Å². The minimum atomic E-state index is -0.474. The highest BCUT2D eigenvalue weighted by atomic mass is 16.6. The van der Waals surface area contributed by atoms with E-state index >= 15 is 0 Å². The third kappa shape index (κ3) is 3.72. The Morgan fingerprint density at radius 1 is 1.40 bits per heavy atom. The highest BCUT2D eigenvalue weighted by Crippen LogP contribution is 2.26. The number of carbonyl (C=O) groups is 1. The molecule has 0 saturated carbocycles. The summed E-state index contributed by atoms with van der Waals surface area (Å²) in [6.07, 6.45) is 3.52. The number of nitrogens with zero attached hydrogens (tertiary/aromatic N) is 3. The Morgan fingerprint density at radius 3 is 2.65 bits per heavy atom. The molecular weight excluding hydrogens is 256 g/mol. The quantitative estimate of drug-likeness (QED) is 0.888. The van der Waals surface area contributed by atoms with Crippen molar-refractivity contribution in [3.8, 4) is 0 Å². The fourth-order valence-electron chi connectivity index (χ4n) is 2.58. The van der Waals surface area contributed by atoms with Crippen molar-refractivity contribution in [3.05, 3.63) is 18.0 Å². The number of ether oxygens (including phenoxy) is 1. The summed E-state index contributed by atoms with van der Waals surface area (Å²) in [5, 5.41) is 7.20. The highest BCUT2D eigenvalue weighted by molar-refractivity contribution is 5.68. The average molecular weight is 280 g/mol. The van der Waals surface area contributed by atoms with Crippen molar-refractivity contribution in [2.75, 3.05) is 20.1 Å². The number of likely N-dealkylation sites (tertiary alicyclic amines) is 1. The molecule has 1 amide bonds. The van der Waals surface area contributed by atoms with Gasteiger partial charge in [-0.3, -0.25) is 4.68 Å². The van der Waals surface area contributed by atoms with E-state index in [0.29, 0.717) is 0 Å². The summed E-state index contributed by atoms with van der Waals surface area (Å²) in [5.41, 5.74) is 0.677. The molecule has 20 heavy (non-hydrogen) atoms. The molecule has 1 aliphatic heterocycles. The molecule has 2 heterocycles. The molecule has 0 spiro atoms. The molecule has 1 saturated heterocycles. The number of hydrogen-bond acceptors (Lipinski definition) is 4. The Kier molecular flexibility index (Phi) is 4.04. The van der Waals surface area contributed by atoms with Crippen molar-refractivity contribution in [1.29, 1.82) is 0 Å². The van der Waals surface area contributed by atoms with E-state index < -0.39 is 5.60 Å². The lowest BCUT2D eigenvalue weighted by molar-refractivity contribution is 0.0503. The molecule has 6 heteroatoms. The predicted molar refractivity (Wildman–Crippen MR) is 76.6 cm³/mol. The Morgan fingerprint density at radius 2 is 2.10 bits per heavy atom. The van der Waals surface area contributed by atoms with Crippen LogP contribution in [-0.4, -0.2) is 52.6 Å². The number of aromatic nitrogens is 2. The first-order chi connectivity index (χ1) is 9.24. The standard InChI is InChI=1S/C14H24N4O2/c1-14(2,3)20-13(19)16-12-9-17(4)8-11(12)10-6-15-18(5)7-10/h6-7,11-12H,8-9H2,1-5H3,(H,16,19)/t11-,12+/m0/s1. The number of aryl methyl sites for hydroxylation is 1. The van der Waals surface area contributed by atoms with Gasteiger partial charge in [-0.05, 0) is 33.4 Å². The van der Waals surface area contributed by atoms with E-state index in [0.717, 1.165) is 18.7 Å². The largest absolute Gasteiger partial charge is 0.444 e. The smallest absolute Gasteiger partial charge is 0.407 e. The lowest BCUT2D eigenvalue weighted by Crippen LogP contribution is -2.42. The molecule has 1 aromatic heterocycles. The monoisotopic (exact) mass is 280 g/mol. The average Bonchev–Trinajstić information content (AvgIpc) is 2.82. The second-order valence-electron chi connectivity index (χ2n) is 6.53. The number of amides is 1. The zero-order chi connectivity index (χ0) is 14.9. The zero-order valence-electron chi connectivity index (χ0n) is 12.9. The summed E-state index contributed by atoms with van der Waals surface area (Å²) in [7, 11) is 3.96. The Bertz CT molecular complexity index is 478. The second kappa shape index (κ2) is 5.44. The molecule has 0 aliphatic carbocycles. The second-order valence-corrected chi connectivity index (χ2v) is 6.53. The summed E-state index contributed by atoms with van der Waals surface area (Å²) in [6, 6.07) is 0.0547. The van der Waals surface area contributed by atoms with Gasteiger partial charge in [0.1, 0.15) is 5.60 Å². The lowest BCUT2D eigenvalue weighted by Gasteiger charge is -2.23. The molecule has 0 unspecified atom stereocenters. The Hall–Kier alpha value is -1.56. The fourth-order valence-corrected chi connectivity index (χ4v) is 2.58. The molecule has 1 fully saturated rings. The fraction of sp³-hybridized carbons (Fsp3) is 0.714. The van der Waals surface area contributed by atoms with E-state index in [9.17, 15) is 4.79 Å². The van der Waals surface area contributed by atoms with Crippen LogP contribution in [0.2, 0.25) is 0 Å². The predicted octanol–water partition coefficient (Wildman–Crippen LogP) is 1.34. The lowest BCUT2D eigenvalue weighted by atomic mass is 9.97. The number of hydrogen-bond donors (Lipinski definition) is 1. The third-order valence-corrected chi connectivity index (χ3v) is 3.36. The van der Waals surface area contributed by atoms with Gasteiger partial charge in [-0.15, -0.1) is 0 Å². The van der Waals surface area contributed by atoms with Crippen LogP contribution in [0.4, 0.5) is 4.79 Å². The normalized spacial score (nSPS) is 23.9. The van der Waals surface area contributed by atoms with Gasteiger partial charge in [-0.2, -0.15) is 5.10 Å². The van der Waals surface area contributed by atoms with Crippen molar-refractivity contribution in [3.63, 3.8) is 0 Å². The summed E-state index contributed by atoms with van der Waals surface area (Å²) in [4.78, 5) is 14.1. The molecule has 112 valence electrons. The van der Waals surface area contributed by atoms with Crippen LogP contribution >= 0.6 is 0 Å².